The Morgan fingerprint density at radius 3 is 2.67 bits per heavy atom. The highest BCUT2D eigenvalue weighted by molar-refractivity contribution is 5.82. The summed E-state index contributed by atoms with van der Waals surface area (Å²) < 4.78 is 0. The molecular formula is C13H15NO. The number of carbonyl (C=O) groups is 1. The molecule has 1 aliphatic carbocycles. The second-order valence-corrected chi connectivity index (χ2v) is 4.62. The van der Waals surface area contributed by atoms with Crippen molar-refractivity contribution < 1.29 is 4.79 Å². The van der Waals surface area contributed by atoms with Gasteiger partial charge in [-0.3, -0.25) is 4.79 Å². The highest BCUT2D eigenvalue weighted by Crippen LogP contribution is 2.39. The number of hydrogen-bond acceptors (Lipinski definition) is 1. The zero-order chi connectivity index (χ0) is 10.3. The average Bonchev–Trinajstić information content (AvgIpc) is 2.84. The van der Waals surface area contributed by atoms with E-state index < -0.39 is 0 Å². The minimum absolute atomic E-state index is 0.346. The lowest BCUT2D eigenvalue weighted by Crippen LogP contribution is -2.36. The summed E-state index contributed by atoms with van der Waals surface area (Å²) in [5.74, 6) is 0.730. The quantitative estimate of drug-likeness (QED) is 0.718. The van der Waals surface area contributed by atoms with Gasteiger partial charge in [0.2, 0.25) is 5.91 Å². The van der Waals surface area contributed by atoms with Gasteiger partial charge in [0.05, 0.1) is 0 Å². The van der Waals surface area contributed by atoms with Gasteiger partial charge in [0, 0.05) is 18.5 Å². The molecule has 2 fully saturated rings. The average molecular weight is 201 g/mol. The van der Waals surface area contributed by atoms with E-state index in [2.05, 4.69) is 17.0 Å². The van der Waals surface area contributed by atoms with Gasteiger partial charge in [-0.15, -0.1) is 0 Å². The van der Waals surface area contributed by atoms with Crippen molar-refractivity contribution in [1.82, 2.24) is 4.90 Å². The van der Waals surface area contributed by atoms with Crippen molar-refractivity contribution in [2.45, 2.75) is 31.8 Å². The van der Waals surface area contributed by atoms with Crippen LogP contribution in [0, 0.1) is 5.92 Å². The van der Waals surface area contributed by atoms with E-state index in [0.29, 0.717) is 17.9 Å². The Morgan fingerprint density at radius 2 is 2.00 bits per heavy atom. The molecule has 0 spiro atoms. The fourth-order valence-corrected chi connectivity index (χ4v) is 2.87. The van der Waals surface area contributed by atoms with Gasteiger partial charge in [-0.1, -0.05) is 30.3 Å². The molecule has 78 valence electrons. The van der Waals surface area contributed by atoms with Gasteiger partial charge in [-0.25, -0.2) is 0 Å². The SMILES string of the molecule is O=C1[C@@H]2CC[C@@H](C2)N1Cc1ccccc1. The Hall–Kier alpha value is -1.31. The molecule has 0 N–H and O–H groups in total. The maximum Gasteiger partial charge on any atom is 0.226 e. The van der Waals surface area contributed by atoms with Gasteiger partial charge in [0.1, 0.15) is 0 Å². The molecule has 1 amide bonds. The third-order valence-corrected chi connectivity index (χ3v) is 3.67. The van der Waals surface area contributed by atoms with Crippen LogP contribution in [0.1, 0.15) is 24.8 Å². The Labute approximate surface area is 89.9 Å². The van der Waals surface area contributed by atoms with Crippen LogP contribution < -0.4 is 0 Å². The number of hydrogen-bond donors (Lipinski definition) is 0. The third kappa shape index (κ3) is 1.44. The van der Waals surface area contributed by atoms with Crippen molar-refractivity contribution in [2.24, 2.45) is 5.92 Å². The lowest BCUT2D eigenvalue weighted by atomic mass is 10.1. The van der Waals surface area contributed by atoms with Crippen LogP contribution in [0.5, 0.6) is 0 Å². The van der Waals surface area contributed by atoms with E-state index in [0.717, 1.165) is 19.4 Å². The van der Waals surface area contributed by atoms with Gasteiger partial charge in [0.25, 0.3) is 0 Å². The van der Waals surface area contributed by atoms with Crippen LogP contribution in [0.25, 0.3) is 0 Å². The summed E-state index contributed by atoms with van der Waals surface area (Å²) >= 11 is 0. The third-order valence-electron chi connectivity index (χ3n) is 3.67. The molecule has 1 aliphatic heterocycles. The Kier molecular flexibility index (Phi) is 2.01. The Morgan fingerprint density at radius 1 is 1.20 bits per heavy atom. The molecular weight excluding hydrogens is 186 g/mol. The van der Waals surface area contributed by atoms with E-state index in [1.165, 1.54) is 12.0 Å². The van der Waals surface area contributed by atoms with E-state index in [9.17, 15) is 4.79 Å². The maximum atomic E-state index is 11.9. The summed E-state index contributed by atoms with van der Waals surface area (Å²) in [6.07, 6.45) is 3.43. The molecule has 2 heteroatoms. The van der Waals surface area contributed by atoms with Gasteiger partial charge in [-0.2, -0.15) is 0 Å². The molecule has 1 aromatic rings. The lowest BCUT2D eigenvalue weighted by Gasteiger charge is -2.27. The molecule has 0 unspecified atom stereocenters. The van der Waals surface area contributed by atoms with Crippen molar-refractivity contribution in [1.29, 1.82) is 0 Å². The van der Waals surface area contributed by atoms with Crippen LogP contribution in [0.4, 0.5) is 0 Å². The van der Waals surface area contributed by atoms with Gasteiger partial charge in [0.15, 0.2) is 0 Å². The number of carbonyl (C=O) groups excluding carboxylic acids is 1. The molecule has 15 heavy (non-hydrogen) atoms. The zero-order valence-electron chi connectivity index (χ0n) is 8.73. The molecule has 1 aromatic carbocycles. The first-order valence-corrected chi connectivity index (χ1v) is 5.69. The normalized spacial score (nSPS) is 28.8. The highest BCUT2D eigenvalue weighted by atomic mass is 16.2. The van der Waals surface area contributed by atoms with Crippen molar-refractivity contribution in [3.63, 3.8) is 0 Å². The van der Waals surface area contributed by atoms with Crippen molar-refractivity contribution >= 4 is 5.91 Å². The predicted molar refractivity (Wildman–Crippen MR) is 58.1 cm³/mol. The smallest absolute Gasteiger partial charge is 0.226 e. The lowest BCUT2D eigenvalue weighted by molar-refractivity contribution is -0.134. The Balaban J connectivity index is 1.77. The monoisotopic (exact) mass is 201 g/mol. The molecule has 0 aromatic heterocycles. The van der Waals surface area contributed by atoms with Crippen LogP contribution in [0.2, 0.25) is 0 Å². The van der Waals surface area contributed by atoms with Crippen molar-refractivity contribution in [2.75, 3.05) is 0 Å². The molecule has 2 aliphatic rings. The standard InChI is InChI=1S/C13H15NO/c15-13-11-6-7-12(8-11)14(13)9-10-4-2-1-3-5-10/h1-5,11-12H,6-9H2/t11-,12+/m1/s1. The fourth-order valence-electron chi connectivity index (χ4n) is 2.87. The minimum Gasteiger partial charge on any atom is -0.335 e. The summed E-state index contributed by atoms with van der Waals surface area (Å²) in [5.41, 5.74) is 1.25. The van der Waals surface area contributed by atoms with E-state index in [4.69, 9.17) is 0 Å². The van der Waals surface area contributed by atoms with Crippen LogP contribution in [-0.4, -0.2) is 16.8 Å². The molecule has 2 atom stereocenters. The van der Waals surface area contributed by atoms with E-state index in [-0.39, 0.29) is 0 Å². The summed E-state index contributed by atoms with van der Waals surface area (Å²) in [4.78, 5) is 14.0. The summed E-state index contributed by atoms with van der Waals surface area (Å²) in [5, 5.41) is 0. The molecule has 1 saturated heterocycles. The summed E-state index contributed by atoms with van der Waals surface area (Å²) in [7, 11) is 0. The zero-order valence-corrected chi connectivity index (χ0v) is 8.73. The van der Waals surface area contributed by atoms with Gasteiger partial charge < -0.3 is 4.90 Å². The molecule has 1 heterocycles. The molecule has 0 radical (unpaired) electrons. The largest absolute Gasteiger partial charge is 0.335 e. The number of piperidine rings is 1. The van der Waals surface area contributed by atoms with Crippen molar-refractivity contribution in [3.8, 4) is 0 Å². The highest BCUT2D eigenvalue weighted by Gasteiger charge is 2.44. The predicted octanol–water partition coefficient (Wildman–Crippen LogP) is 2.20. The molecule has 3 rings (SSSR count). The second-order valence-electron chi connectivity index (χ2n) is 4.62. The maximum absolute atomic E-state index is 11.9. The topological polar surface area (TPSA) is 20.3 Å². The number of amides is 1. The minimum atomic E-state index is 0.346. The number of fused-ring (bicyclic) bond motifs is 2. The molecule has 1 saturated carbocycles. The van der Waals surface area contributed by atoms with E-state index in [1.807, 2.05) is 18.2 Å². The number of likely N-dealkylation sites (tertiary alicyclic amines) is 1. The van der Waals surface area contributed by atoms with Crippen LogP contribution in [0.15, 0.2) is 30.3 Å². The summed E-state index contributed by atoms with van der Waals surface area (Å²) in [6, 6.07) is 10.8. The van der Waals surface area contributed by atoms with Crippen LogP contribution in [0.3, 0.4) is 0 Å². The molecule has 2 bridgehead atoms. The first-order valence-electron chi connectivity index (χ1n) is 5.69. The number of benzene rings is 1. The van der Waals surface area contributed by atoms with E-state index >= 15 is 0 Å². The summed E-state index contributed by atoms with van der Waals surface area (Å²) in [6.45, 7) is 0.806. The number of nitrogens with zero attached hydrogens (tertiary/aromatic N) is 1. The first-order chi connectivity index (χ1) is 7.34. The van der Waals surface area contributed by atoms with Gasteiger partial charge >= 0.3 is 0 Å². The first kappa shape index (κ1) is 8.96. The van der Waals surface area contributed by atoms with Crippen LogP contribution >= 0.6 is 0 Å². The second kappa shape index (κ2) is 3.37. The molecule has 2 nitrogen and oxygen atoms in total. The van der Waals surface area contributed by atoms with Crippen molar-refractivity contribution in [3.05, 3.63) is 35.9 Å². The van der Waals surface area contributed by atoms with Crippen LogP contribution in [-0.2, 0) is 11.3 Å². The van der Waals surface area contributed by atoms with E-state index in [1.54, 1.807) is 0 Å². The fraction of sp³-hybridized carbons (Fsp3) is 0.462. The van der Waals surface area contributed by atoms with Gasteiger partial charge in [-0.05, 0) is 24.8 Å². The Bertz CT molecular complexity index is 373. The number of rotatable bonds is 2.